The van der Waals surface area contributed by atoms with Crippen molar-refractivity contribution < 1.29 is 4.79 Å². The SMILES string of the molecule is CC[C@@]1(C(C)=O)C[C@H]1c1ccccc1. The summed E-state index contributed by atoms with van der Waals surface area (Å²) < 4.78 is 0. The Hall–Kier alpha value is -1.11. The Morgan fingerprint density at radius 2 is 2.07 bits per heavy atom. The first-order chi connectivity index (χ1) is 6.70. The molecule has 0 amide bonds. The van der Waals surface area contributed by atoms with E-state index >= 15 is 0 Å². The van der Waals surface area contributed by atoms with Crippen molar-refractivity contribution in [3.63, 3.8) is 0 Å². The van der Waals surface area contributed by atoms with Crippen molar-refractivity contribution in [3.8, 4) is 0 Å². The fourth-order valence-corrected chi connectivity index (χ4v) is 2.46. The Labute approximate surface area is 85.1 Å². The zero-order valence-corrected chi connectivity index (χ0v) is 8.79. The molecule has 0 aliphatic heterocycles. The van der Waals surface area contributed by atoms with E-state index in [0.29, 0.717) is 11.7 Å². The number of rotatable bonds is 3. The number of Topliss-reactive ketones (excluding diaryl/α,β-unsaturated/α-hetero) is 1. The first-order valence-corrected chi connectivity index (χ1v) is 5.26. The van der Waals surface area contributed by atoms with E-state index in [1.54, 1.807) is 6.92 Å². The lowest BCUT2D eigenvalue weighted by Crippen LogP contribution is -2.12. The van der Waals surface area contributed by atoms with Crippen molar-refractivity contribution in [2.75, 3.05) is 0 Å². The van der Waals surface area contributed by atoms with Gasteiger partial charge in [-0.1, -0.05) is 37.3 Å². The molecular formula is C13H16O. The molecule has 1 aliphatic carbocycles. The molecule has 0 bridgehead atoms. The third-order valence-electron chi connectivity index (χ3n) is 3.61. The van der Waals surface area contributed by atoms with E-state index < -0.39 is 0 Å². The first kappa shape index (κ1) is 9.45. The Balaban J connectivity index is 2.22. The highest BCUT2D eigenvalue weighted by molar-refractivity contribution is 5.87. The van der Waals surface area contributed by atoms with Crippen molar-refractivity contribution in [1.29, 1.82) is 0 Å². The molecule has 1 heteroatoms. The summed E-state index contributed by atoms with van der Waals surface area (Å²) in [5, 5.41) is 0. The summed E-state index contributed by atoms with van der Waals surface area (Å²) in [6.45, 7) is 3.84. The summed E-state index contributed by atoms with van der Waals surface area (Å²) in [4.78, 5) is 11.5. The Morgan fingerprint density at radius 1 is 1.43 bits per heavy atom. The van der Waals surface area contributed by atoms with E-state index in [4.69, 9.17) is 0 Å². The van der Waals surface area contributed by atoms with Gasteiger partial charge in [-0.15, -0.1) is 0 Å². The highest BCUT2D eigenvalue weighted by Crippen LogP contribution is 2.61. The molecule has 14 heavy (non-hydrogen) atoms. The van der Waals surface area contributed by atoms with E-state index in [1.165, 1.54) is 5.56 Å². The average molecular weight is 188 g/mol. The molecule has 1 fully saturated rings. The number of carbonyl (C=O) groups excluding carboxylic acids is 1. The van der Waals surface area contributed by atoms with Gasteiger partial charge in [-0.3, -0.25) is 4.79 Å². The molecule has 0 heterocycles. The van der Waals surface area contributed by atoms with Gasteiger partial charge in [0.15, 0.2) is 0 Å². The maximum absolute atomic E-state index is 11.5. The van der Waals surface area contributed by atoms with Crippen LogP contribution in [0.5, 0.6) is 0 Å². The van der Waals surface area contributed by atoms with Crippen LogP contribution in [0.15, 0.2) is 30.3 Å². The summed E-state index contributed by atoms with van der Waals surface area (Å²) in [7, 11) is 0. The van der Waals surface area contributed by atoms with Crippen LogP contribution in [-0.2, 0) is 4.79 Å². The molecule has 0 unspecified atom stereocenters. The van der Waals surface area contributed by atoms with Gasteiger partial charge in [-0.05, 0) is 31.2 Å². The summed E-state index contributed by atoms with van der Waals surface area (Å²) in [6.07, 6.45) is 2.02. The van der Waals surface area contributed by atoms with Gasteiger partial charge in [0, 0.05) is 5.41 Å². The summed E-state index contributed by atoms with van der Waals surface area (Å²) in [5.41, 5.74) is 1.30. The predicted octanol–water partition coefficient (Wildman–Crippen LogP) is 3.16. The van der Waals surface area contributed by atoms with Crippen LogP contribution in [0, 0.1) is 5.41 Å². The summed E-state index contributed by atoms with van der Waals surface area (Å²) >= 11 is 0. The Kier molecular flexibility index (Phi) is 2.18. The maximum atomic E-state index is 11.5. The molecule has 2 rings (SSSR count). The normalized spacial score (nSPS) is 30.0. The van der Waals surface area contributed by atoms with Crippen LogP contribution in [0.4, 0.5) is 0 Å². The molecule has 1 saturated carbocycles. The lowest BCUT2D eigenvalue weighted by Gasteiger charge is -2.10. The number of hydrogen-bond acceptors (Lipinski definition) is 1. The van der Waals surface area contributed by atoms with E-state index in [0.717, 1.165) is 12.8 Å². The van der Waals surface area contributed by atoms with Crippen molar-refractivity contribution in [2.24, 2.45) is 5.41 Å². The average Bonchev–Trinajstić information content (AvgIpc) is 2.95. The fourth-order valence-electron chi connectivity index (χ4n) is 2.46. The minimum Gasteiger partial charge on any atom is -0.299 e. The first-order valence-electron chi connectivity index (χ1n) is 5.26. The Bertz CT molecular complexity index is 342. The summed E-state index contributed by atoms with van der Waals surface area (Å²) in [6, 6.07) is 10.4. The van der Waals surface area contributed by atoms with Gasteiger partial charge >= 0.3 is 0 Å². The van der Waals surface area contributed by atoms with Crippen LogP contribution in [-0.4, -0.2) is 5.78 Å². The molecule has 74 valence electrons. The highest BCUT2D eigenvalue weighted by atomic mass is 16.1. The van der Waals surface area contributed by atoms with Crippen molar-refractivity contribution in [1.82, 2.24) is 0 Å². The van der Waals surface area contributed by atoms with Gasteiger partial charge < -0.3 is 0 Å². The fraction of sp³-hybridized carbons (Fsp3) is 0.462. The van der Waals surface area contributed by atoms with Gasteiger partial charge in [-0.25, -0.2) is 0 Å². The van der Waals surface area contributed by atoms with Crippen molar-refractivity contribution in [3.05, 3.63) is 35.9 Å². The van der Waals surface area contributed by atoms with Gasteiger partial charge in [0.25, 0.3) is 0 Å². The Morgan fingerprint density at radius 3 is 2.50 bits per heavy atom. The molecular weight excluding hydrogens is 172 g/mol. The molecule has 1 aromatic rings. The van der Waals surface area contributed by atoms with E-state index in [1.807, 2.05) is 18.2 Å². The largest absolute Gasteiger partial charge is 0.299 e. The number of carbonyl (C=O) groups is 1. The quantitative estimate of drug-likeness (QED) is 0.712. The maximum Gasteiger partial charge on any atom is 0.136 e. The second kappa shape index (κ2) is 3.23. The minimum absolute atomic E-state index is 0.0264. The standard InChI is InChI=1S/C13H16O/c1-3-13(10(2)14)9-12(13)11-7-5-4-6-8-11/h4-8,12H,3,9H2,1-2H3/t12-,13-/m0/s1. The van der Waals surface area contributed by atoms with Crippen molar-refractivity contribution in [2.45, 2.75) is 32.6 Å². The minimum atomic E-state index is -0.0264. The van der Waals surface area contributed by atoms with Crippen LogP contribution in [0.3, 0.4) is 0 Å². The molecule has 2 atom stereocenters. The molecule has 0 N–H and O–H groups in total. The monoisotopic (exact) mass is 188 g/mol. The molecule has 0 spiro atoms. The van der Waals surface area contributed by atoms with Crippen LogP contribution in [0.1, 0.15) is 38.2 Å². The third-order valence-corrected chi connectivity index (χ3v) is 3.61. The van der Waals surface area contributed by atoms with Gasteiger partial charge in [-0.2, -0.15) is 0 Å². The van der Waals surface area contributed by atoms with Crippen LogP contribution in [0.2, 0.25) is 0 Å². The van der Waals surface area contributed by atoms with Gasteiger partial charge in [0.05, 0.1) is 0 Å². The smallest absolute Gasteiger partial charge is 0.136 e. The number of hydrogen-bond donors (Lipinski definition) is 0. The summed E-state index contributed by atoms with van der Waals surface area (Å²) in [5.74, 6) is 0.833. The molecule has 0 saturated heterocycles. The van der Waals surface area contributed by atoms with Crippen LogP contribution < -0.4 is 0 Å². The zero-order valence-electron chi connectivity index (χ0n) is 8.79. The van der Waals surface area contributed by atoms with E-state index in [-0.39, 0.29) is 5.41 Å². The van der Waals surface area contributed by atoms with Crippen LogP contribution in [0.25, 0.3) is 0 Å². The van der Waals surface area contributed by atoms with Crippen molar-refractivity contribution >= 4 is 5.78 Å². The molecule has 1 aromatic carbocycles. The number of ketones is 1. The third kappa shape index (κ3) is 1.28. The zero-order chi connectivity index (χ0) is 10.2. The number of benzene rings is 1. The second-order valence-corrected chi connectivity index (χ2v) is 4.23. The predicted molar refractivity (Wildman–Crippen MR) is 57.2 cm³/mol. The highest BCUT2D eigenvalue weighted by Gasteiger charge is 2.56. The second-order valence-electron chi connectivity index (χ2n) is 4.23. The van der Waals surface area contributed by atoms with Gasteiger partial charge in [0.1, 0.15) is 5.78 Å². The van der Waals surface area contributed by atoms with E-state index in [2.05, 4.69) is 19.1 Å². The van der Waals surface area contributed by atoms with E-state index in [9.17, 15) is 4.79 Å². The molecule has 0 aromatic heterocycles. The topological polar surface area (TPSA) is 17.1 Å². The lowest BCUT2D eigenvalue weighted by atomic mass is 9.92. The molecule has 1 nitrogen and oxygen atoms in total. The lowest BCUT2D eigenvalue weighted by molar-refractivity contribution is -0.122. The van der Waals surface area contributed by atoms with Gasteiger partial charge in [0.2, 0.25) is 0 Å². The van der Waals surface area contributed by atoms with Crippen LogP contribution >= 0.6 is 0 Å². The molecule has 0 radical (unpaired) electrons. The molecule has 1 aliphatic rings.